The maximum atomic E-state index is 9.39. The van der Waals surface area contributed by atoms with Gasteiger partial charge in [-0.1, -0.05) is 0 Å². The van der Waals surface area contributed by atoms with Crippen LogP contribution in [-0.2, 0) is 0 Å². The third kappa shape index (κ3) is 2.25. The van der Waals surface area contributed by atoms with E-state index < -0.39 is 0 Å². The molecule has 1 aliphatic carbocycles. The average Bonchev–Trinajstić information content (AvgIpc) is 2.67. The van der Waals surface area contributed by atoms with Crippen molar-refractivity contribution in [3.05, 3.63) is 0 Å². The van der Waals surface area contributed by atoms with Crippen molar-refractivity contribution in [3.8, 4) is 0 Å². The normalized spacial score (nSPS) is 30.5. The summed E-state index contributed by atoms with van der Waals surface area (Å²) < 4.78 is 0. The van der Waals surface area contributed by atoms with Gasteiger partial charge in [0, 0.05) is 26.1 Å². The molecule has 14 heavy (non-hydrogen) atoms. The van der Waals surface area contributed by atoms with E-state index in [1.165, 1.54) is 12.8 Å². The Hall–Kier alpha value is -0.610. The van der Waals surface area contributed by atoms with Crippen LogP contribution in [0.25, 0.3) is 0 Å². The Morgan fingerprint density at radius 2 is 2.29 bits per heavy atom. The molecule has 0 aromatic heterocycles. The zero-order valence-corrected chi connectivity index (χ0v) is 8.50. The molecule has 1 atom stereocenters. The van der Waals surface area contributed by atoms with Gasteiger partial charge in [-0.3, -0.25) is 5.41 Å². The van der Waals surface area contributed by atoms with Gasteiger partial charge >= 0.3 is 0 Å². The number of nitrogens with one attached hydrogen (secondary N) is 1. The maximum Gasteiger partial charge on any atom is 0.0911 e. The van der Waals surface area contributed by atoms with Gasteiger partial charge in [0.2, 0.25) is 0 Å². The summed E-state index contributed by atoms with van der Waals surface area (Å²) >= 11 is 0. The highest BCUT2D eigenvalue weighted by atomic mass is 16.3. The molecule has 1 saturated carbocycles. The first kappa shape index (κ1) is 9.93. The van der Waals surface area contributed by atoms with E-state index in [-0.39, 0.29) is 11.5 Å². The Bertz CT molecular complexity index is 238. The molecule has 1 saturated heterocycles. The van der Waals surface area contributed by atoms with Gasteiger partial charge < -0.3 is 15.7 Å². The lowest BCUT2D eigenvalue weighted by atomic mass is 10.0. The second-order valence-corrected chi connectivity index (χ2v) is 4.88. The summed E-state index contributed by atoms with van der Waals surface area (Å²) in [6.45, 7) is 2.82. The summed E-state index contributed by atoms with van der Waals surface area (Å²) in [5, 5.41) is 16.7. The molecular weight excluding hydrogens is 178 g/mol. The van der Waals surface area contributed by atoms with Crippen molar-refractivity contribution in [1.82, 2.24) is 4.90 Å². The largest absolute Gasteiger partial charge is 0.392 e. The smallest absolute Gasteiger partial charge is 0.0911 e. The number of hydrogen-bond donors (Lipinski definition) is 3. The Labute approximate surface area is 84.6 Å². The molecule has 1 unspecified atom stereocenters. The molecule has 0 aromatic rings. The number of aliphatic hydroxyl groups is 1. The van der Waals surface area contributed by atoms with Gasteiger partial charge in [0.05, 0.1) is 11.9 Å². The van der Waals surface area contributed by atoms with Gasteiger partial charge in [-0.15, -0.1) is 0 Å². The fourth-order valence-electron chi connectivity index (χ4n) is 2.40. The predicted octanol–water partition coefficient (Wildman–Crippen LogP) is 0.159. The third-order valence-corrected chi connectivity index (χ3v) is 3.33. The van der Waals surface area contributed by atoms with Crippen molar-refractivity contribution in [3.63, 3.8) is 0 Å². The quantitative estimate of drug-likeness (QED) is 0.444. The minimum absolute atomic E-state index is 0.136. The van der Waals surface area contributed by atoms with Crippen LogP contribution in [0.1, 0.15) is 25.7 Å². The first-order valence-electron chi connectivity index (χ1n) is 5.33. The fourth-order valence-corrected chi connectivity index (χ4v) is 2.40. The van der Waals surface area contributed by atoms with Crippen LogP contribution in [0.2, 0.25) is 0 Å². The molecule has 4 heteroatoms. The lowest BCUT2D eigenvalue weighted by molar-refractivity contribution is 0.168. The van der Waals surface area contributed by atoms with E-state index in [0.29, 0.717) is 5.84 Å². The topological polar surface area (TPSA) is 73.3 Å². The highest BCUT2D eigenvalue weighted by molar-refractivity contribution is 5.78. The van der Waals surface area contributed by atoms with Crippen molar-refractivity contribution in [1.29, 1.82) is 5.41 Å². The van der Waals surface area contributed by atoms with Crippen LogP contribution >= 0.6 is 0 Å². The van der Waals surface area contributed by atoms with Crippen LogP contribution in [0.5, 0.6) is 0 Å². The van der Waals surface area contributed by atoms with Crippen LogP contribution < -0.4 is 5.73 Å². The average molecular weight is 197 g/mol. The number of hydrogen-bond acceptors (Lipinski definition) is 3. The number of rotatable bonds is 4. The van der Waals surface area contributed by atoms with E-state index in [1.807, 2.05) is 0 Å². The van der Waals surface area contributed by atoms with Gasteiger partial charge in [0.25, 0.3) is 0 Å². The molecule has 2 aliphatic rings. The molecular formula is C10H19N3O. The van der Waals surface area contributed by atoms with Crippen molar-refractivity contribution in [2.45, 2.75) is 31.8 Å². The molecule has 1 aliphatic heterocycles. The second kappa shape index (κ2) is 3.51. The fraction of sp³-hybridized carbons (Fsp3) is 0.900. The van der Waals surface area contributed by atoms with Crippen LogP contribution in [0.15, 0.2) is 0 Å². The Kier molecular flexibility index (Phi) is 2.49. The highest BCUT2D eigenvalue weighted by Crippen LogP contribution is 2.49. The van der Waals surface area contributed by atoms with Gasteiger partial charge in [-0.25, -0.2) is 0 Å². The van der Waals surface area contributed by atoms with Gasteiger partial charge in [-0.05, 0) is 24.7 Å². The van der Waals surface area contributed by atoms with Crippen LogP contribution in [0.4, 0.5) is 0 Å². The van der Waals surface area contributed by atoms with E-state index in [9.17, 15) is 5.11 Å². The monoisotopic (exact) mass is 197 g/mol. The molecule has 0 aromatic carbocycles. The van der Waals surface area contributed by atoms with Crippen molar-refractivity contribution in [2.24, 2.45) is 11.1 Å². The first-order chi connectivity index (χ1) is 6.60. The molecule has 4 nitrogen and oxygen atoms in total. The van der Waals surface area contributed by atoms with Crippen LogP contribution in [-0.4, -0.2) is 41.6 Å². The van der Waals surface area contributed by atoms with Gasteiger partial charge in [-0.2, -0.15) is 0 Å². The Morgan fingerprint density at radius 3 is 2.71 bits per heavy atom. The van der Waals surface area contributed by atoms with E-state index in [0.717, 1.165) is 32.5 Å². The number of aliphatic hydroxyl groups excluding tert-OH is 1. The zero-order chi connectivity index (χ0) is 10.2. The highest BCUT2D eigenvalue weighted by Gasteiger charge is 2.44. The summed E-state index contributed by atoms with van der Waals surface area (Å²) in [5.74, 6) is 0.308. The lowest BCUT2D eigenvalue weighted by Crippen LogP contribution is -2.31. The number of β-amino-alcohol motifs (C(OH)–C–C–N with tert-alkyl or cyclic N) is 1. The van der Waals surface area contributed by atoms with E-state index in [2.05, 4.69) is 4.90 Å². The number of nitrogens with zero attached hydrogens (tertiary/aromatic N) is 1. The molecule has 0 amide bonds. The van der Waals surface area contributed by atoms with Gasteiger partial charge in [0.1, 0.15) is 0 Å². The molecule has 2 fully saturated rings. The van der Waals surface area contributed by atoms with Crippen LogP contribution in [0, 0.1) is 10.8 Å². The summed E-state index contributed by atoms with van der Waals surface area (Å²) in [5.41, 5.74) is 5.72. The van der Waals surface area contributed by atoms with Crippen molar-refractivity contribution in [2.75, 3.05) is 19.6 Å². The minimum Gasteiger partial charge on any atom is -0.392 e. The van der Waals surface area contributed by atoms with Crippen LogP contribution in [0.3, 0.4) is 0 Å². The third-order valence-electron chi connectivity index (χ3n) is 3.33. The number of likely N-dealkylation sites (tertiary alicyclic amines) is 1. The molecule has 0 bridgehead atoms. The van der Waals surface area contributed by atoms with E-state index >= 15 is 0 Å². The zero-order valence-electron chi connectivity index (χ0n) is 8.50. The molecule has 1 heterocycles. The minimum atomic E-state index is -0.136. The first-order valence-corrected chi connectivity index (χ1v) is 5.33. The molecule has 4 N–H and O–H groups in total. The lowest BCUT2D eigenvalue weighted by Gasteiger charge is -2.22. The molecule has 0 spiro atoms. The number of amidine groups is 1. The summed E-state index contributed by atoms with van der Waals surface area (Å²) in [7, 11) is 0. The molecule has 80 valence electrons. The number of nitrogens with two attached hydrogens (primary N) is 1. The van der Waals surface area contributed by atoms with Crippen molar-refractivity contribution >= 4 is 5.84 Å². The molecule has 0 radical (unpaired) electrons. The summed E-state index contributed by atoms with van der Waals surface area (Å²) in [6.07, 6.45) is 3.89. The maximum absolute atomic E-state index is 9.39. The summed E-state index contributed by atoms with van der Waals surface area (Å²) in [6, 6.07) is 0. The molecule has 2 rings (SSSR count). The summed E-state index contributed by atoms with van der Waals surface area (Å²) in [4.78, 5) is 2.31. The van der Waals surface area contributed by atoms with Gasteiger partial charge in [0.15, 0.2) is 0 Å². The standard InChI is InChI=1S/C10H19N3O/c11-9(12)5-10(2-3-10)7-13-4-1-8(14)6-13/h8,14H,1-7H2,(H3,11,12). The van der Waals surface area contributed by atoms with Crippen molar-refractivity contribution < 1.29 is 5.11 Å². The second-order valence-electron chi connectivity index (χ2n) is 4.88. The van der Waals surface area contributed by atoms with E-state index in [4.69, 9.17) is 11.1 Å². The van der Waals surface area contributed by atoms with E-state index in [1.54, 1.807) is 0 Å². The Balaban J connectivity index is 1.82. The predicted molar refractivity (Wildman–Crippen MR) is 55.3 cm³/mol. The SMILES string of the molecule is N=C(N)CC1(CN2CCC(O)C2)CC1. The Morgan fingerprint density at radius 1 is 1.57 bits per heavy atom.